The fourth-order valence-corrected chi connectivity index (χ4v) is 2.83. The van der Waals surface area contributed by atoms with Crippen molar-refractivity contribution in [3.8, 4) is 5.75 Å². The summed E-state index contributed by atoms with van der Waals surface area (Å²) in [6.07, 6.45) is 1.41. The van der Waals surface area contributed by atoms with E-state index in [-0.39, 0.29) is 24.9 Å². The molecule has 0 fully saturated rings. The predicted molar refractivity (Wildman–Crippen MR) is 95.0 cm³/mol. The first-order valence-corrected chi connectivity index (χ1v) is 8.63. The fourth-order valence-electron chi connectivity index (χ4n) is 2.09. The molecule has 0 unspecified atom stereocenters. The Kier molecular flexibility index (Phi) is 5.65. The van der Waals surface area contributed by atoms with Gasteiger partial charge in [0.15, 0.2) is 5.13 Å². The van der Waals surface area contributed by atoms with Gasteiger partial charge in [0, 0.05) is 17.9 Å². The maximum Gasteiger partial charge on any atom is 0.375 e. The van der Waals surface area contributed by atoms with E-state index in [2.05, 4.69) is 10.3 Å². The van der Waals surface area contributed by atoms with Gasteiger partial charge in [0.25, 0.3) is 0 Å². The normalized spacial score (nSPS) is 10.3. The Hall–Kier alpha value is -3.13. The van der Waals surface area contributed by atoms with Crippen LogP contribution in [-0.4, -0.2) is 16.9 Å². The van der Waals surface area contributed by atoms with Crippen LogP contribution in [0.1, 0.15) is 28.7 Å². The van der Waals surface area contributed by atoms with E-state index in [1.54, 1.807) is 11.4 Å². The number of esters is 1. The van der Waals surface area contributed by atoms with Gasteiger partial charge in [0.05, 0.1) is 12.0 Å². The van der Waals surface area contributed by atoms with Gasteiger partial charge >= 0.3 is 5.97 Å². The number of amides is 1. The fraction of sp³-hybridized carbons (Fsp3) is 0.167. The van der Waals surface area contributed by atoms with Crippen LogP contribution in [0.5, 0.6) is 5.75 Å². The van der Waals surface area contributed by atoms with Gasteiger partial charge in [-0.05, 0) is 18.2 Å². The molecule has 3 aromatic rings. The SMILES string of the molecule is CC(=O)Nc1nc(COC(=O)c2occc2COc2ccccc2)cs1. The lowest BCUT2D eigenvalue weighted by Gasteiger charge is -2.06. The van der Waals surface area contributed by atoms with E-state index in [1.165, 1.54) is 24.5 Å². The molecule has 0 bridgehead atoms. The lowest BCUT2D eigenvalue weighted by Crippen LogP contribution is -2.09. The van der Waals surface area contributed by atoms with Crippen molar-refractivity contribution in [1.29, 1.82) is 0 Å². The zero-order chi connectivity index (χ0) is 18.4. The Labute approximate surface area is 153 Å². The number of hydrogen-bond acceptors (Lipinski definition) is 7. The third-order valence-electron chi connectivity index (χ3n) is 3.26. The molecule has 7 nitrogen and oxygen atoms in total. The summed E-state index contributed by atoms with van der Waals surface area (Å²) in [4.78, 5) is 27.4. The van der Waals surface area contributed by atoms with Crippen LogP contribution in [0.15, 0.2) is 52.5 Å². The molecule has 2 heterocycles. The van der Waals surface area contributed by atoms with Crippen molar-refractivity contribution in [3.63, 3.8) is 0 Å². The second-order valence-corrected chi connectivity index (χ2v) is 6.14. The standard InChI is InChI=1S/C18H16N2O5S/c1-12(21)19-18-20-14(11-26-18)10-25-17(22)16-13(7-8-23-16)9-24-15-5-3-2-4-6-15/h2-8,11H,9-10H2,1H3,(H,19,20,21). The lowest BCUT2D eigenvalue weighted by molar-refractivity contribution is -0.114. The molecule has 1 amide bonds. The highest BCUT2D eigenvalue weighted by Crippen LogP contribution is 2.19. The summed E-state index contributed by atoms with van der Waals surface area (Å²) in [5.41, 5.74) is 1.14. The number of furan rings is 1. The molecular weight excluding hydrogens is 356 g/mol. The number of ether oxygens (including phenoxy) is 2. The Bertz CT molecular complexity index is 888. The van der Waals surface area contributed by atoms with Crippen molar-refractivity contribution in [3.05, 3.63) is 65.1 Å². The number of thiazole rings is 1. The third-order valence-corrected chi connectivity index (χ3v) is 4.06. The van der Waals surface area contributed by atoms with Crippen molar-refractivity contribution in [2.24, 2.45) is 0 Å². The maximum absolute atomic E-state index is 12.2. The first-order chi connectivity index (χ1) is 12.6. The molecule has 8 heteroatoms. The predicted octanol–water partition coefficient (Wildman–Crippen LogP) is 3.63. The molecule has 1 aromatic carbocycles. The Morgan fingerprint density at radius 1 is 1.19 bits per heavy atom. The average Bonchev–Trinajstić information content (AvgIpc) is 3.27. The summed E-state index contributed by atoms with van der Waals surface area (Å²) in [6.45, 7) is 1.57. The molecule has 0 aliphatic carbocycles. The van der Waals surface area contributed by atoms with Crippen LogP contribution in [0.3, 0.4) is 0 Å². The molecule has 3 rings (SSSR count). The number of anilines is 1. The molecule has 0 saturated heterocycles. The third kappa shape index (κ3) is 4.70. The number of benzene rings is 1. The van der Waals surface area contributed by atoms with E-state index < -0.39 is 5.97 Å². The number of nitrogens with zero attached hydrogens (tertiary/aromatic N) is 1. The zero-order valence-corrected chi connectivity index (χ0v) is 14.7. The van der Waals surface area contributed by atoms with Crippen LogP contribution in [0.25, 0.3) is 0 Å². The van der Waals surface area contributed by atoms with Crippen molar-refractivity contribution in [2.45, 2.75) is 20.1 Å². The second kappa shape index (κ2) is 8.30. The highest BCUT2D eigenvalue weighted by Gasteiger charge is 2.18. The van der Waals surface area contributed by atoms with Crippen molar-refractivity contribution in [2.75, 3.05) is 5.32 Å². The van der Waals surface area contributed by atoms with Crippen LogP contribution in [0.4, 0.5) is 5.13 Å². The Morgan fingerprint density at radius 2 is 2.00 bits per heavy atom. The van der Waals surface area contributed by atoms with E-state index in [4.69, 9.17) is 13.9 Å². The molecule has 0 radical (unpaired) electrons. The summed E-state index contributed by atoms with van der Waals surface area (Å²) in [5.74, 6) is -0.0171. The van der Waals surface area contributed by atoms with Crippen molar-refractivity contribution in [1.82, 2.24) is 4.98 Å². The van der Waals surface area contributed by atoms with Crippen LogP contribution >= 0.6 is 11.3 Å². The largest absolute Gasteiger partial charge is 0.489 e. The minimum absolute atomic E-state index is 0.0192. The van der Waals surface area contributed by atoms with E-state index in [0.717, 1.165) is 0 Å². The zero-order valence-electron chi connectivity index (χ0n) is 13.9. The van der Waals surface area contributed by atoms with Crippen LogP contribution in [-0.2, 0) is 22.7 Å². The van der Waals surface area contributed by atoms with E-state index >= 15 is 0 Å². The summed E-state index contributed by atoms with van der Waals surface area (Å²) >= 11 is 1.26. The topological polar surface area (TPSA) is 90.7 Å². The average molecular weight is 372 g/mol. The van der Waals surface area contributed by atoms with E-state index in [1.807, 2.05) is 30.3 Å². The van der Waals surface area contributed by atoms with E-state index in [0.29, 0.717) is 22.1 Å². The van der Waals surface area contributed by atoms with Gasteiger partial charge in [-0.1, -0.05) is 18.2 Å². The quantitative estimate of drug-likeness (QED) is 0.637. The minimum Gasteiger partial charge on any atom is -0.489 e. The second-order valence-electron chi connectivity index (χ2n) is 5.28. The van der Waals surface area contributed by atoms with Gasteiger partial charge in [-0.15, -0.1) is 11.3 Å². The van der Waals surface area contributed by atoms with Gasteiger partial charge in [0.1, 0.15) is 19.0 Å². The lowest BCUT2D eigenvalue weighted by atomic mass is 10.2. The monoisotopic (exact) mass is 372 g/mol. The molecule has 1 N–H and O–H groups in total. The highest BCUT2D eigenvalue weighted by molar-refractivity contribution is 7.13. The highest BCUT2D eigenvalue weighted by atomic mass is 32.1. The first-order valence-electron chi connectivity index (χ1n) is 7.75. The summed E-state index contributed by atoms with van der Waals surface area (Å²) in [7, 11) is 0. The van der Waals surface area contributed by atoms with Gasteiger partial charge in [-0.2, -0.15) is 0 Å². The first kappa shape index (κ1) is 17.7. The Morgan fingerprint density at radius 3 is 2.77 bits per heavy atom. The molecule has 2 aromatic heterocycles. The van der Waals surface area contributed by atoms with Crippen molar-refractivity contribution < 1.29 is 23.5 Å². The van der Waals surface area contributed by atoms with Gasteiger partial charge in [0.2, 0.25) is 11.7 Å². The number of aromatic nitrogens is 1. The number of para-hydroxylation sites is 1. The van der Waals surface area contributed by atoms with Gasteiger partial charge in [-0.25, -0.2) is 9.78 Å². The van der Waals surface area contributed by atoms with Crippen molar-refractivity contribution >= 4 is 28.3 Å². The summed E-state index contributed by atoms with van der Waals surface area (Å²) < 4.78 is 16.1. The van der Waals surface area contributed by atoms with Crippen LogP contribution in [0.2, 0.25) is 0 Å². The number of carbonyl (C=O) groups excluding carboxylic acids is 2. The number of hydrogen-bond donors (Lipinski definition) is 1. The number of rotatable bonds is 7. The number of nitrogens with one attached hydrogen (secondary N) is 1. The van der Waals surface area contributed by atoms with Gasteiger partial charge < -0.3 is 19.2 Å². The molecule has 0 spiro atoms. The smallest absolute Gasteiger partial charge is 0.375 e. The molecule has 0 atom stereocenters. The summed E-state index contributed by atoms with van der Waals surface area (Å²) in [6, 6.07) is 10.9. The molecular formula is C18H16N2O5S. The van der Waals surface area contributed by atoms with Gasteiger partial charge in [-0.3, -0.25) is 4.79 Å². The molecule has 134 valence electrons. The number of carbonyl (C=O) groups is 2. The summed E-state index contributed by atoms with van der Waals surface area (Å²) in [5, 5.41) is 4.74. The van der Waals surface area contributed by atoms with E-state index in [9.17, 15) is 9.59 Å². The molecule has 0 aliphatic rings. The molecule has 26 heavy (non-hydrogen) atoms. The Balaban J connectivity index is 1.56. The molecule has 0 aliphatic heterocycles. The van der Waals surface area contributed by atoms with Crippen LogP contribution in [0, 0.1) is 0 Å². The van der Waals surface area contributed by atoms with Crippen LogP contribution < -0.4 is 10.1 Å². The maximum atomic E-state index is 12.2. The minimum atomic E-state index is -0.601. The molecule has 0 saturated carbocycles.